The highest BCUT2D eigenvalue weighted by molar-refractivity contribution is 7.18. The van der Waals surface area contributed by atoms with Gasteiger partial charge in [-0.15, -0.1) is 6.58 Å². The van der Waals surface area contributed by atoms with E-state index in [4.69, 9.17) is 0 Å². The Morgan fingerprint density at radius 3 is 3.15 bits per heavy atom. The fourth-order valence-electron chi connectivity index (χ4n) is 0.713. The molecule has 1 rings (SSSR count). The number of thiazole rings is 1. The number of hydrogen-bond acceptors (Lipinski definition) is 5. The standard InChI is InChI=1S/C7H9N3O2S/c1-2-3-4-8-7-9-5-6(13-7)10(11)12/h2,5H,1,3-4H2,(H,8,9). The van der Waals surface area contributed by atoms with Gasteiger partial charge in [-0.25, -0.2) is 4.98 Å². The van der Waals surface area contributed by atoms with Gasteiger partial charge in [0.05, 0.1) is 4.92 Å². The van der Waals surface area contributed by atoms with Crippen molar-refractivity contribution in [3.8, 4) is 0 Å². The number of hydrogen-bond donors (Lipinski definition) is 1. The highest BCUT2D eigenvalue weighted by atomic mass is 32.1. The van der Waals surface area contributed by atoms with Crippen LogP contribution in [-0.2, 0) is 0 Å². The SMILES string of the molecule is C=CCCNc1ncc([N+](=O)[O-])s1. The minimum Gasteiger partial charge on any atom is -0.361 e. The van der Waals surface area contributed by atoms with Crippen molar-refractivity contribution in [1.29, 1.82) is 0 Å². The van der Waals surface area contributed by atoms with Crippen molar-refractivity contribution in [3.63, 3.8) is 0 Å². The molecular formula is C7H9N3O2S. The van der Waals surface area contributed by atoms with Gasteiger partial charge in [0.1, 0.15) is 6.20 Å². The zero-order valence-electron chi connectivity index (χ0n) is 6.90. The molecule has 0 amide bonds. The fourth-order valence-corrected chi connectivity index (χ4v) is 1.37. The molecule has 0 unspecified atom stereocenters. The van der Waals surface area contributed by atoms with Gasteiger partial charge >= 0.3 is 5.00 Å². The van der Waals surface area contributed by atoms with Gasteiger partial charge < -0.3 is 5.32 Å². The van der Waals surface area contributed by atoms with Gasteiger partial charge in [0.25, 0.3) is 0 Å². The second kappa shape index (κ2) is 4.56. The normalized spacial score (nSPS) is 9.54. The summed E-state index contributed by atoms with van der Waals surface area (Å²) in [5, 5.41) is 13.9. The van der Waals surface area contributed by atoms with Crippen molar-refractivity contribution in [2.75, 3.05) is 11.9 Å². The summed E-state index contributed by atoms with van der Waals surface area (Å²) in [6.07, 6.45) is 3.84. The zero-order valence-corrected chi connectivity index (χ0v) is 7.71. The van der Waals surface area contributed by atoms with E-state index in [1.807, 2.05) is 0 Å². The van der Waals surface area contributed by atoms with E-state index in [1.54, 1.807) is 6.08 Å². The zero-order chi connectivity index (χ0) is 9.68. The largest absolute Gasteiger partial charge is 0.361 e. The Labute approximate surface area is 79.3 Å². The summed E-state index contributed by atoms with van der Waals surface area (Å²) < 4.78 is 0. The number of nitrogens with zero attached hydrogens (tertiary/aromatic N) is 2. The molecule has 70 valence electrons. The molecule has 1 N–H and O–H groups in total. The summed E-state index contributed by atoms with van der Waals surface area (Å²) >= 11 is 1.04. The highest BCUT2D eigenvalue weighted by Crippen LogP contribution is 2.24. The average Bonchev–Trinajstić information content (AvgIpc) is 2.53. The Kier molecular flexibility index (Phi) is 3.39. The maximum Gasteiger partial charge on any atom is 0.345 e. The second-order valence-corrected chi connectivity index (χ2v) is 3.27. The van der Waals surface area contributed by atoms with Crippen LogP contribution in [0.25, 0.3) is 0 Å². The number of nitro groups is 1. The van der Waals surface area contributed by atoms with Crippen molar-refractivity contribution in [2.24, 2.45) is 0 Å². The molecule has 0 aliphatic rings. The Balaban J connectivity index is 2.49. The highest BCUT2D eigenvalue weighted by Gasteiger charge is 2.10. The molecule has 0 spiro atoms. The molecule has 0 atom stereocenters. The smallest absolute Gasteiger partial charge is 0.345 e. The molecule has 0 aliphatic heterocycles. The third kappa shape index (κ3) is 2.83. The van der Waals surface area contributed by atoms with E-state index in [0.29, 0.717) is 11.7 Å². The average molecular weight is 199 g/mol. The van der Waals surface area contributed by atoms with E-state index in [9.17, 15) is 10.1 Å². The van der Waals surface area contributed by atoms with Crippen molar-refractivity contribution in [1.82, 2.24) is 4.98 Å². The fraction of sp³-hybridized carbons (Fsp3) is 0.286. The summed E-state index contributed by atoms with van der Waals surface area (Å²) in [6, 6.07) is 0. The van der Waals surface area contributed by atoms with Gasteiger partial charge in [0, 0.05) is 6.54 Å². The van der Waals surface area contributed by atoms with Gasteiger partial charge in [-0.1, -0.05) is 6.08 Å². The molecule has 0 aliphatic carbocycles. The number of rotatable bonds is 5. The molecule has 0 radical (unpaired) electrons. The quantitative estimate of drug-likeness (QED) is 0.341. The summed E-state index contributed by atoms with van der Waals surface area (Å²) in [5.41, 5.74) is 0. The Morgan fingerprint density at radius 1 is 1.85 bits per heavy atom. The number of nitrogens with one attached hydrogen (secondary N) is 1. The molecule has 1 aromatic rings. The van der Waals surface area contributed by atoms with E-state index in [1.165, 1.54) is 6.20 Å². The van der Waals surface area contributed by atoms with Crippen LogP contribution in [0.15, 0.2) is 18.9 Å². The molecule has 6 heteroatoms. The topological polar surface area (TPSA) is 68.1 Å². The van der Waals surface area contributed by atoms with Crippen LogP contribution >= 0.6 is 11.3 Å². The van der Waals surface area contributed by atoms with Gasteiger partial charge in [-0.2, -0.15) is 0 Å². The number of anilines is 1. The maximum atomic E-state index is 10.3. The van der Waals surface area contributed by atoms with E-state index in [2.05, 4.69) is 16.9 Å². The van der Waals surface area contributed by atoms with Gasteiger partial charge in [-0.3, -0.25) is 10.1 Å². The molecule has 1 heterocycles. The lowest BCUT2D eigenvalue weighted by molar-refractivity contribution is -0.380. The predicted molar refractivity (Wildman–Crippen MR) is 52.1 cm³/mol. The van der Waals surface area contributed by atoms with Crippen LogP contribution in [0.4, 0.5) is 10.1 Å². The van der Waals surface area contributed by atoms with Crippen molar-refractivity contribution in [3.05, 3.63) is 29.0 Å². The summed E-state index contributed by atoms with van der Waals surface area (Å²) in [7, 11) is 0. The minimum atomic E-state index is -0.448. The minimum absolute atomic E-state index is 0.0566. The summed E-state index contributed by atoms with van der Waals surface area (Å²) in [5.74, 6) is 0. The molecule has 0 saturated heterocycles. The molecule has 13 heavy (non-hydrogen) atoms. The van der Waals surface area contributed by atoms with Crippen LogP contribution in [0.2, 0.25) is 0 Å². The van der Waals surface area contributed by atoms with Gasteiger partial charge in [-0.05, 0) is 17.8 Å². The van der Waals surface area contributed by atoms with E-state index in [0.717, 1.165) is 17.8 Å². The molecule has 0 aromatic carbocycles. The Hall–Kier alpha value is -1.43. The molecule has 1 aromatic heterocycles. The first-order valence-corrected chi connectivity index (χ1v) is 4.50. The van der Waals surface area contributed by atoms with Crippen LogP contribution < -0.4 is 5.32 Å². The van der Waals surface area contributed by atoms with Crippen LogP contribution in [-0.4, -0.2) is 16.5 Å². The molecule has 0 bridgehead atoms. The van der Waals surface area contributed by atoms with E-state index >= 15 is 0 Å². The van der Waals surface area contributed by atoms with Crippen LogP contribution in [0.1, 0.15) is 6.42 Å². The molecule has 0 fully saturated rings. The van der Waals surface area contributed by atoms with Crippen LogP contribution in [0.3, 0.4) is 0 Å². The summed E-state index contributed by atoms with van der Waals surface area (Å²) in [4.78, 5) is 13.7. The first kappa shape index (κ1) is 9.66. The lowest BCUT2D eigenvalue weighted by Crippen LogP contribution is -1.98. The summed E-state index contributed by atoms with van der Waals surface area (Å²) in [6.45, 7) is 4.26. The monoisotopic (exact) mass is 199 g/mol. The van der Waals surface area contributed by atoms with Crippen LogP contribution in [0, 0.1) is 10.1 Å². The lowest BCUT2D eigenvalue weighted by atomic mass is 10.4. The third-order valence-electron chi connectivity index (χ3n) is 1.30. The second-order valence-electron chi connectivity index (χ2n) is 2.26. The van der Waals surface area contributed by atoms with E-state index < -0.39 is 4.92 Å². The first-order chi connectivity index (χ1) is 6.24. The van der Waals surface area contributed by atoms with Crippen molar-refractivity contribution in [2.45, 2.75) is 6.42 Å². The third-order valence-corrected chi connectivity index (χ3v) is 2.20. The van der Waals surface area contributed by atoms with Gasteiger partial charge in [0.2, 0.25) is 0 Å². The van der Waals surface area contributed by atoms with E-state index in [-0.39, 0.29) is 5.00 Å². The molecule has 5 nitrogen and oxygen atoms in total. The predicted octanol–water partition coefficient (Wildman–Crippen LogP) is 2.04. The molecular weight excluding hydrogens is 190 g/mol. The number of aromatic nitrogens is 1. The van der Waals surface area contributed by atoms with Crippen LogP contribution in [0.5, 0.6) is 0 Å². The Bertz CT molecular complexity index is 310. The first-order valence-electron chi connectivity index (χ1n) is 3.69. The lowest BCUT2D eigenvalue weighted by Gasteiger charge is -1.96. The van der Waals surface area contributed by atoms with Crippen molar-refractivity contribution >= 4 is 21.5 Å². The Morgan fingerprint density at radius 2 is 2.62 bits per heavy atom. The maximum absolute atomic E-state index is 10.3. The van der Waals surface area contributed by atoms with Crippen molar-refractivity contribution < 1.29 is 4.92 Å². The molecule has 0 saturated carbocycles. The van der Waals surface area contributed by atoms with Gasteiger partial charge in [0.15, 0.2) is 5.13 Å².